The molecule has 0 radical (unpaired) electrons. The quantitative estimate of drug-likeness (QED) is 0.272. The molecule has 5 rings (SSSR count). The second-order valence-electron chi connectivity index (χ2n) is 13.5. The van der Waals surface area contributed by atoms with Gasteiger partial charge in [0.2, 0.25) is 11.8 Å². The minimum absolute atomic E-state index is 0.0701. The summed E-state index contributed by atoms with van der Waals surface area (Å²) in [5, 5.41) is 20.5. The third-order valence-corrected chi connectivity index (χ3v) is 8.95. The molecule has 2 aliphatic rings. The predicted molar refractivity (Wildman–Crippen MR) is 166 cm³/mol. The van der Waals surface area contributed by atoms with Crippen molar-refractivity contribution in [1.29, 1.82) is 0 Å². The molecule has 8 nitrogen and oxygen atoms in total. The molecule has 1 spiro atoms. The highest BCUT2D eigenvalue weighted by Crippen LogP contribution is 2.50. The van der Waals surface area contributed by atoms with Gasteiger partial charge in [-0.05, 0) is 72.4 Å². The Bertz CT molecular complexity index is 1400. The molecule has 0 bridgehead atoms. The molecule has 10 heteroatoms. The van der Waals surface area contributed by atoms with Crippen molar-refractivity contribution in [2.24, 2.45) is 11.3 Å². The number of halogens is 1. The summed E-state index contributed by atoms with van der Waals surface area (Å²) in [6, 6.07) is 6.17. The van der Waals surface area contributed by atoms with Crippen LogP contribution in [0.5, 0.6) is 5.88 Å². The van der Waals surface area contributed by atoms with Crippen LogP contribution in [-0.4, -0.2) is 59.0 Å². The molecule has 0 unspecified atom stereocenters. The second-order valence-corrected chi connectivity index (χ2v) is 14.4. The number of benzene rings is 1. The number of pyridine rings is 1. The molecule has 1 aliphatic carbocycles. The van der Waals surface area contributed by atoms with Crippen LogP contribution in [0.1, 0.15) is 69.7 Å². The van der Waals surface area contributed by atoms with Crippen molar-refractivity contribution in [3.63, 3.8) is 0 Å². The normalized spacial score (nSPS) is 22.8. The molecule has 1 saturated carbocycles. The van der Waals surface area contributed by atoms with Crippen molar-refractivity contribution in [3.05, 3.63) is 64.5 Å². The van der Waals surface area contributed by atoms with E-state index in [0.717, 1.165) is 36.8 Å². The fourth-order valence-corrected chi connectivity index (χ4v) is 7.14. The van der Waals surface area contributed by atoms with E-state index in [9.17, 15) is 14.3 Å². The van der Waals surface area contributed by atoms with Crippen molar-refractivity contribution in [3.8, 4) is 16.5 Å². The second kappa shape index (κ2) is 13.0. The Morgan fingerprint density at radius 3 is 2.67 bits per heavy atom. The van der Waals surface area contributed by atoms with Crippen LogP contribution in [-0.2, 0) is 22.4 Å². The van der Waals surface area contributed by atoms with Gasteiger partial charge in [0.25, 0.3) is 0 Å². The van der Waals surface area contributed by atoms with Gasteiger partial charge in [-0.3, -0.25) is 4.79 Å². The summed E-state index contributed by atoms with van der Waals surface area (Å²) in [6.45, 7) is 8.92. The van der Waals surface area contributed by atoms with Crippen molar-refractivity contribution in [1.82, 2.24) is 20.6 Å². The highest BCUT2D eigenvalue weighted by molar-refractivity contribution is 7.13. The van der Waals surface area contributed by atoms with Gasteiger partial charge in [-0.15, -0.1) is 11.3 Å². The number of aromatic nitrogens is 2. The highest BCUT2D eigenvalue weighted by Gasteiger charge is 2.49. The number of ether oxygens (including phenoxy) is 2. The van der Waals surface area contributed by atoms with E-state index in [2.05, 4.69) is 49.4 Å². The van der Waals surface area contributed by atoms with E-state index in [0.29, 0.717) is 27.9 Å². The Labute approximate surface area is 257 Å². The van der Waals surface area contributed by atoms with Crippen LogP contribution in [0.2, 0.25) is 0 Å². The van der Waals surface area contributed by atoms with Gasteiger partial charge in [0.15, 0.2) is 0 Å². The molecule has 1 aliphatic heterocycles. The van der Waals surface area contributed by atoms with Gasteiger partial charge in [0.1, 0.15) is 23.0 Å². The van der Waals surface area contributed by atoms with Crippen LogP contribution in [0.15, 0.2) is 42.0 Å². The first-order valence-corrected chi connectivity index (χ1v) is 15.9. The summed E-state index contributed by atoms with van der Waals surface area (Å²) in [5.74, 6) is 0.503. The lowest BCUT2D eigenvalue weighted by atomic mass is 9.67. The van der Waals surface area contributed by atoms with Gasteiger partial charge in [0, 0.05) is 55.0 Å². The first kappa shape index (κ1) is 31.5. The number of rotatable bonds is 11. The molecule has 3 N–H and O–H groups in total. The maximum Gasteiger partial charge on any atom is 0.246 e. The van der Waals surface area contributed by atoms with E-state index in [4.69, 9.17) is 14.5 Å². The molecule has 2 aromatic heterocycles. The summed E-state index contributed by atoms with van der Waals surface area (Å²) in [5.41, 5.74) is 3.31. The molecule has 1 amide bonds. The lowest BCUT2D eigenvalue weighted by Gasteiger charge is -2.50. The number of hydrogen-bond donors (Lipinski definition) is 3. The molecule has 0 saturated heterocycles. The van der Waals surface area contributed by atoms with E-state index in [1.165, 1.54) is 30.6 Å². The zero-order valence-electron chi connectivity index (χ0n) is 25.7. The number of nitrogens with one attached hydrogen (secondary N) is 2. The van der Waals surface area contributed by atoms with Crippen molar-refractivity contribution in [2.75, 3.05) is 20.3 Å². The Morgan fingerprint density at radius 2 is 2.00 bits per heavy atom. The Kier molecular flexibility index (Phi) is 9.51. The van der Waals surface area contributed by atoms with Crippen molar-refractivity contribution >= 4 is 17.2 Å². The number of amides is 1. The Hall–Kier alpha value is -2.92. The molecule has 43 heavy (non-hydrogen) atoms. The standard InChI is InChI=1S/C33H43FN4O4S/c1-20-13-33(14-20)16-27(25-10-22(15-32(2,3)4)17-37-30(25)42-33)36-18-28(39)26(38-29(40)19-41-5)11-21-8-23(12-24(34)9-21)31-35-6-7-43-31/h6-10,12,17,20,26-28,36,39H,11,13-16,18-19H2,1-5H3,(H,38,40)/t20-,26-,27-,28+,33+/m0/s1. The van der Waals surface area contributed by atoms with Gasteiger partial charge in [-0.2, -0.15) is 0 Å². The third kappa shape index (κ3) is 7.98. The van der Waals surface area contributed by atoms with Gasteiger partial charge < -0.3 is 25.2 Å². The molecule has 232 valence electrons. The molecule has 3 heterocycles. The van der Waals surface area contributed by atoms with Crippen LogP contribution in [0, 0.1) is 17.2 Å². The maximum atomic E-state index is 14.6. The topological polar surface area (TPSA) is 106 Å². The summed E-state index contributed by atoms with van der Waals surface area (Å²) in [6.07, 6.45) is 6.47. The molecule has 1 aromatic carbocycles. The number of hydrogen-bond acceptors (Lipinski definition) is 8. The zero-order valence-corrected chi connectivity index (χ0v) is 26.5. The highest BCUT2D eigenvalue weighted by atomic mass is 32.1. The largest absolute Gasteiger partial charge is 0.471 e. The minimum Gasteiger partial charge on any atom is -0.471 e. The molecule has 3 atom stereocenters. The predicted octanol–water partition coefficient (Wildman–Crippen LogP) is 5.25. The minimum atomic E-state index is -0.958. The first-order chi connectivity index (χ1) is 20.4. The van der Waals surface area contributed by atoms with Gasteiger partial charge in [-0.25, -0.2) is 14.4 Å². The van der Waals surface area contributed by atoms with Crippen LogP contribution < -0.4 is 15.4 Å². The number of aliphatic hydroxyl groups is 1. The number of fused-ring (bicyclic) bond motifs is 1. The lowest BCUT2D eigenvalue weighted by Crippen LogP contribution is -2.54. The Balaban J connectivity index is 1.35. The van der Waals surface area contributed by atoms with Crippen molar-refractivity contribution < 1.29 is 23.8 Å². The number of carbonyl (C=O) groups excluding carboxylic acids is 1. The average molecular weight is 611 g/mol. The third-order valence-electron chi connectivity index (χ3n) is 8.13. The summed E-state index contributed by atoms with van der Waals surface area (Å²) in [7, 11) is 1.45. The van der Waals surface area contributed by atoms with Gasteiger partial charge >= 0.3 is 0 Å². The van der Waals surface area contributed by atoms with E-state index in [-0.39, 0.29) is 42.5 Å². The first-order valence-electron chi connectivity index (χ1n) is 15.0. The lowest BCUT2D eigenvalue weighted by molar-refractivity contribution is -0.126. The molecular formula is C33H43FN4O4S. The zero-order chi connectivity index (χ0) is 30.8. The average Bonchev–Trinajstić information content (AvgIpc) is 3.45. The smallest absolute Gasteiger partial charge is 0.246 e. The fraction of sp³-hybridized carbons (Fsp3) is 0.545. The van der Waals surface area contributed by atoms with Gasteiger partial charge in [0.05, 0.1) is 12.1 Å². The number of nitrogens with zero attached hydrogens (tertiary/aromatic N) is 2. The van der Waals surface area contributed by atoms with E-state index in [1.807, 2.05) is 17.6 Å². The number of methoxy groups -OCH3 is 1. The summed E-state index contributed by atoms with van der Waals surface area (Å²) >= 11 is 1.43. The Morgan fingerprint density at radius 1 is 1.21 bits per heavy atom. The maximum absolute atomic E-state index is 14.6. The SMILES string of the molecule is COCC(=O)N[C@@H](Cc1cc(F)cc(-c2nccs2)c1)[C@H](O)CN[C@H]1C[C@]2(C[C@H](C)C2)Oc2ncc(CC(C)(C)C)cc21. The van der Waals surface area contributed by atoms with Crippen LogP contribution in [0.4, 0.5) is 4.39 Å². The van der Waals surface area contributed by atoms with Crippen molar-refractivity contribution in [2.45, 2.75) is 83.6 Å². The molecular weight excluding hydrogens is 567 g/mol. The van der Waals surface area contributed by atoms with E-state index >= 15 is 0 Å². The number of carbonyl (C=O) groups is 1. The van der Waals surface area contributed by atoms with Gasteiger partial charge in [-0.1, -0.05) is 27.7 Å². The van der Waals surface area contributed by atoms with E-state index in [1.54, 1.807) is 6.20 Å². The molecule has 3 aromatic rings. The summed E-state index contributed by atoms with van der Waals surface area (Å²) < 4.78 is 26.1. The number of thiazole rings is 1. The fourth-order valence-electron chi connectivity index (χ4n) is 6.51. The molecule has 1 fully saturated rings. The monoisotopic (exact) mass is 610 g/mol. The van der Waals surface area contributed by atoms with Crippen LogP contribution in [0.25, 0.3) is 10.6 Å². The number of aliphatic hydroxyl groups excluding tert-OH is 1. The van der Waals surface area contributed by atoms with Crippen LogP contribution in [0.3, 0.4) is 0 Å². The van der Waals surface area contributed by atoms with Crippen LogP contribution >= 0.6 is 11.3 Å². The summed E-state index contributed by atoms with van der Waals surface area (Å²) in [4.78, 5) is 21.6. The van der Waals surface area contributed by atoms with E-state index < -0.39 is 18.0 Å².